The number of nitrogens with zero attached hydrogens (tertiary/aromatic N) is 1. The van der Waals surface area contributed by atoms with Crippen molar-refractivity contribution in [1.82, 2.24) is 4.98 Å². The molecular formula is C12H12N2O. The molecule has 0 aliphatic carbocycles. The van der Waals surface area contributed by atoms with Gasteiger partial charge in [-0.2, -0.15) is 0 Å². The van der Waals surface area contributed by atoms with E-state index in [1.165, 1.54) is 6.20 Å². The largest absolute Gasteiger partial charge is 0.399 e. The molecule has 2 rings (SSSR count). The van der Waals surface area contributed by atoms with Crippen LogP contribution in [0.5, 0.6) is 0 Å². The zero-order chi connectivity index (χ0) is 10.9. The highest BCUT2D eigenvalue weighted by atomic mass is 16.1. The lowest BCUT2D eigenvalue weighted by Crippen LogP contribution is -1.79. The van der Waals surface area contributed by atoms with Gasteiger partial charge in [0.1, 0.15) is 0 Å². The van der Waals surface area contributed by atoms with Gasteiger partial charge in [-0.15, -0.1) is 0 Å². The van der Waals surface area contributed by atoms with Gasteiger partial charge < -0.3 is 5.73 Å². The molecule has 0 spiro atoms. The monoisotopic (exact) mass is 200 g/mol. The number of aldehydes is 1. The molecule has 0 fully saturated rings. The lowest BCUT2D eigenvalue weighted by atomic mass is 10.3. The minimum atomic E-state index is 0.618. The predicted octanol–water partition coefficient (Wildman–Crippen LogP) is 2.16. The van der Waals surface area contributed by atoms with Gasteiger partial charge in [-0.1, -0.05) is 18.2 Å². The average Bonchev–Trinajstić information content (AvgIpc) is 2.32. The molecule has 0 saturated carbocycles. The summed E-state index contributed by atoms with van der Waals surface area (Å²) in [6.45, 7) is 0. The quantitative estimate of drug-likeness (QED) is 0.567. The van der Waals surface area contributed by atoms with E-state index in [0.717, 1.165) is 12.0 Å². The number of carbonyl (C=O) groups excluding carboxylic acids is 1. The molecule has 2 aromatic rings. The summed E-state index contributed by atoms with van der Waals surface area (Å²) >= 11 is 0. The van der Waals surface area contributed by atoms with E-state index in [1.807, 2.05) is 30.3 Å². The molecule has 1 aromatic heterocycles. The highest BCUT2D eigenvalue weighted by molar-refractivity contribution is 5.73. The Bertz CT molecular complexity index is 387. The number of aromatic nitrogens is 1. The second-order valence-corrected chi connectivity index (χ2v) is 2.81. The summed E-state index contributed by atoms with van der Waals surface area (Å²) in [6, 6.07) is 12.9. The SMILES string of the molecule is Nc1ccccc1.O=Cc1cccnc1. The van der Waals surface area contributed by atoms with E-state index in [-0.39, 0.29) is 0 Å². The highest BCUT2D eigenvalue weighted by Crippen LogP contribution is 1.95. The van der Waals surface area contributed by atoms with E-state index in [9.17, 15) is 4.79 Å². The van der Waals surface area contributed by atoms with Crippen molar-refractivity contribution >= 4 is 12.0 Å². The molecule has 3 heteroatoms. The number of rotatable bonds is 1. The van der Waals surface area contributed by atoms with Crippen LogP contribution in [0.1, 0.15) is 10.4 Å². The Hall–Kier alpha value is -2.16. The summed E-state index contributed by atoms with van der Waals surface area (Å²) in [6.07, 6.45) is 3.92. The van der Waals surface area contributed by atoms with E-state index < -0.39 is 0 Å². The summed E-state index contributed by atoms with van der Waals surface area (Å²) < 4.78 is 0. The Labute approximate surface area is 88.6 Å². The molecule has 1 aromatic carbocycles. The number of carbonyl (C=O) groups is 1. The number of nitrogens with two attached hydrogens (primary N) is 1. The van der Waals surface area contributed by atoms with Crippen LogP contribution in [-0.2, 0) is 0 Å². The topological polar surface area (TPSA) is 56.0 Å². The predicted molar refractivity (Wildman–Crippen MR) is 60.5 cm³/mol. The molecule has 0 saturated heterocycles. The molecule has 0 radical (unpaired) electrons. The molecule has 76 valence electrons. The van der Waals surface area contributed by atoms with Crippen LogP contribution in [-0.4, -0.2) is 11.3 Å². The van der Waals surface area contributed by atoms with E-state index in [4.69, 9.17) is 5.73 Å². The Morgan fingerprint density at radius 3 is 2.13 bits per heavy atom. The zero-order valence-electron chi connectivity index (χ0n) is 8.21. The van der Waals surface area contributed by atoms with Gasteiger partial charge in [-0.05, 0) is 24.3 Å². The fourth-order valence-corrected chi connectivity index (χ4v) is 0.899. The first-order chi connectivity index (χ1) is 7.33. The maximum atomic E-state index is 9.97. The number of hydrogen-bond donors (Lipinski definition) is 1. The van der Waals surface area contributed by atoms with Crippen molar-refractivity contribution in [2.75, 3.05) is 5.73 Å². The first-order valence-electron chi connectivity index (χ1n) is 4.48. The lowest BCUT2D eigenvalue weighted by molar-refractivity contribution is 0.112. The minimum Gasteiger partial charge on any atom is -0.399 e. The molecule has 3 nitrogen and oxygen atoms in total. The van der Waals surface area contributed by atoms with Crippen LogP contribution >= 0.6 is 0 Å². The van der Waals surface area contributed by atoms with Gasteiger partial charge in [0.25, 0.3) is 0 Å². The number of para-hydroxylation sites is 1. The van der Waals surface area contributed by atoms with Crippen molar-refractivity contribution in [2.45, 2.75) is 0 Å². The van der Waals surface area contributed by atoms with E-state index in [1.54, 1.807) is 18.3 Å². The standard InChI is InChI=1S/C6H5NO.C6H7N/c8-5-6-2-1-3-7-4-6;7-6-4-2-1-3-5-6/h1-5H;1-5H,7H2. The third-order valence-electron chi connectivity index (χ3n) is 1.62. The second kappa shape index (κ2) is 6.32. The average molecular weight is 200 g/mol. The molecular weight excluding hydrogens is 188 g/mol. The number of hydrogen-bond acceptors (Lipinski definition) is 3. The maximum absolute atomic E-state index is 9.97. The smallest absolute Gasteiger partial charge is 0.151 e. The van der Waals surface area contributed by atoms with Gasteiger partial charge in [0.05, 0.1) is 0 Å². The summed E-state index contributed by atoms with van der Waals surface area (Å²) in [7, 11) is 0. The van der Waals surface area contributed by atoms with E-state index in [0.29, 0.717) is 5.56 Å². The Kier molecular flexibility index (Phi) is 4.60. The molecule has 1 heterocycles. The van der Waals surface area contributed by atoms with Crippen LogP contribution in [0.4, 0.5) is 5.69 Å². The van der Waals surface area contributed by atoms with Crippen LogP contribution < -0.4 is 5.73 Å². The van der Waals surface area contributed by atoms with Crippen LogP contribution in [0.3, 0.4) is 0 Å². The van der Waals surface area contributed by atoms with Crippen molar-refractivity contribution in [3.8, 4) is 0 Å². The fourth-order valence-electron chi connectivity index (χ4n) is 0.899. The van der Waals surface area contributed by atoms with Crippen molar-refractivity contribution < 1.29 is 4.79 Å². The Morgan fingerprint density at radius 2 is 1.80 bits per heavy atom. The molecule has 0 amide bonds. The summed E-state index contributed by atoms with van der Waals surface area (Å²) in [4.78, 5) is 13.7. The molecule has 0 unspecified atom stereocenters. The van der Waals surface area contributed by atoms with Gasteiger partial charge in [-0.3, -0.25) is 9.78 Å². The fraction of sp³-hybridized carbons (Fsp3) is 0. The summed E-state index contributed by atoms with van der Waals surface area (Å²) in [5.74, 6) is 0. The lowest BCUT2D eigenvalue weighted by Gasteiger charge is -1.83. The normalized spacial score (nSPS) is 8.53. The van der Waals surface area contributed by atoms with E-state index in [2.05, 4.69) is 4.98 Å². The van der Waals surface area contributed by atoms with Gasteiger partial charge in [0.15, 0.2) is 6.29 Å². The summed E-state index contributed by atoms with van der Waals surface area (Å²) in [5, 5.41) is 0. The van der Waals surface area contributed by atoms with Crippen molar-refractivity contribution in [2.24, 2.45) is 0 Å². The third-order valence-corrected chi connectivity index (χ3v) is 1.62. The van der Waals surface area contributed by atoms with Crippen LogP contribution in [0, 0.1) is 0 Å². The Morgan fingerprint density at radius 1 is 1.07 bits per heavy atom. The van der Waals surface area contributed by atoms with Crippen molar-refractivity contribution in [1.29, 1.82) is 0 Å². The Balaban J connectivity index is 0.000000151. The number of benzene rings is 1. The molecule has 0 aliphatic heterocycles. The first kappa shape index (κ1) is 10.9. The van der Waals surface area contributed by atoms with Crippen LogP contribution in [0.2, 0.25) is 0 Å². The van der Waals surface area contributed by atoms with Gasteiger partial charge in [0, 0.05) is 23.6 Å². The minimum absolute atomic E-state index is 0.618. The first-order valence-corrected chi connectivity index (χ1v) is 4.48. The van der Waals surface area contributed by atoms with E-state index >= 15 is 0 Å². The molecule has 0 atom stereocenters. The summed E-state index contributed by atoms with van der Waals surface area (Å²) in [5.41, 5.74) is 6.80. The molecule has 2 N–H and O–H groups in total. The van der Waals surface area contributed by atoms with Gasteiger partial charge >= 0.3 is 0 Å². The zero-order valence-corrected chi connectivity index (χ0v) is 8.21. The van der Waals surface area contributed by atoms with Crippen molar-refractivity contribution in [3.63, 3.8) is 0 Å². The molecule has 0 bridgehead atoms. The molecule has 0 aliphatic rings. The van der Waals surface area contributed by atoms with Crippen LogP contribution in [0.25, 0.3) is 0 Å². The van der Waals surface area contributed by atoms with Gasteiger partial charge in [0.2, 0.25) is 0 Å². The third kappa shape index (κ3) is 4.57. The highest BCUT2D eigenvalue weighted by Gasteiger charge is 1.81. The van der Waals surface area contributed by atoms with Crippen molar-refractivity contribution in [3.05, 3.63) is 60.4 Å². The number of nitrogen functional groups attached to an aromatic ring is 1. The molecule has 15 heavy (non-hydrogen) atoms. The number of pyridine rings is 1. The van der Waals surface area contributed by atoms with Crippen LogP contribution in [0.15, 0.2) is 54.9 Å². The van der Waals surface area contributed by atoms with Gasteiger partial charge in [-0.25, -0.2) is 0 Å². The second-order valence-electron chi connectivity index (χ2n) is 2.81. The number of anilines is 1. The maximum Gasteiger partial charge on any atom is 0.151 e.